The van der Waals surface area contributed by atoms with Gasteiger partial charge in [-0.15, -0.1) is 0 Å². The molecule has 0 bridgehead atoms. The van der Waals surface area contributed by atoms with Gasteiger partial charge in [0.25, 0.3) is 5.91 Å². The predicted octanol–water partition coefficient (Wildman–Crippen LogP) is 1.96. The summed E-state index contributed by atoms with van der Waals surface area (Å²) in [5.74, 6) is -0.342. The lowest BCUT2D eigenvalue weighted by molar-refractivity contribution is 0.0950. The van der Waals surface area contributed by atoms with E-state index in [0.29, 0.717) is 5.69 Å². The Balaban J connectivity index is 1.73. The number of hydrogen-bond donors (Lipinski definition) is 3. The molecule has 3 N–H and O–H groups in total. The smallest absolute Gasteiger partial charge is 0.291 e. The molecule has 3 rings (SSSR count). The average Bonchev–Trinajstić information content (AvgIpc) is 3.06. The van der Waals surface area contributed by atoms with Gasteiger partial charge in [-0.05, 0) is 19.1 Å². The van der Waals surface area contributed by atoms with Gasteiger partial charge in [-0.25, -0.2) is 5.43 Å². The van der Waals surface area contributed by atoms with Crippen LogP contribution in [0.2, 0.25) is 0 Å². The minimum absolute atomic E-state index is 0.318. The van der Waals surface area contributed by atoms with Gasteiger partial charge in [0.2, 0.25) is 0 Å². The van der Waals surface area contributed by atoms with Crippen LogP contribution in [0.1, 0.15) is 21.7 Å². The fourth-order valence-corrected chi connectivity index (χ4v) is 1.95. The summed E-state index contributed by atoms with van der Waals surface area (Å²) in [5, 5.41) is 11.6. The van der Waals surface area contributed by atoms with E-state index in [4.69, 9.17) is 0 Å². The molecule has 6 heteroatoms. The summed E-state index contributed by atoms with van der Waals surface area (Å²) in [7, 11) is 0. The molecule has 0 aliphatic rings. The number of hydrogen-bond acceptors (Lipinski definition) is 3. The number of aromatic nitrogens is 3. The van der Waals surface area contributed by atoms with Crippen molar-refractivity contribution in [2.45, 2.75) is 6.92 Å². The van der Waals surface area contributed by atoms with E-state index in [1.807, 2.05) is 37.4 Å². The summed E-state index contributed by atoms with van der Waals surface area (Å²) >= 11 is 0. The van der Waals surface area contributed by atoms with Gasteiger partial charge in [0.15, 0.2) is 5.69 Å². The van der Waals surface area contributed by atoms with E-state index in [0.717, 1.165) is 22.2 Å². The molecule has 0 fully saturated rings. The molecule has 0 spiro atoms. The molecule has 1 amide bonds. The summed E-state index contributed by atoms with van der Waals surface area (Å²) in [4.78, 5) is 14.9. The highest BCUT2D eigenvalue weighted by atomic mass is 16.2. The van der Waals surface area contributed by atoms with Crippen molar-refractivity contribution in [3.8, 4) is 0 Å². The second kappa shape index (κ2) is 5.00. The molecular weight excluding hydrogens is 254 g/mol. The van der Waals surface area contributed by atoms with Crippen LogP contribution in [0.5, 0.6) is 0 Å². The Morgan fingerprint density at radius 3 is 3.05 bits per heavy atom. The van der Waals surface area contributed by atoms with Crippen molar-refractivity contribution in [2.24, 2.45) is 5.10 Å². The first kappa shape index (κ1) is 12.2. The summed E-state index contributed by atoms with van der Waals surface area (Å²) < 4.78 is 0. The van der Waals surface area contributed by atoms with Crippen LogP contribution in [0.4, 0.5) is 0 Å². The molecule has 0 aliphatic carbocycles. The maximum atomic E-state index is 11.7. The molecule has 2 heterocycles. The number of fused-ring (bicyclic) bond motifs is 1. The number of rotatable bonds is 3. The molecular formula is C14H13N5O. The van der Waals surface area contributed by atoms with E-state index < -0.39 is 0 Å². The monoisotopic (exact) mass is 267 g/mol. The standard InChI is InChI=1S/C14H13N5O/c1-9-6-13(18-17-9)14(20)19-16-8-10-7-15-12-5-3-2-4-11(10)12/h2-8,15H,1H3,(H,17,18)(H,19,20)/b16-8-. The van der Waals surface area contributed by atoms with Crippen LogP contribution >= 0.6 is 0 Å². The second-order valence-electron chi connectivity index (χ2n) is 4.42. The summed E-state index contributed by atoms with van der Waals surface area (Å²) in [5.41, 5.74) is 5.54. The Kier molecular flexibility index (Phi) is 3.04. The van der Waals surface area contributed by atoms with Gasteiger partial charge >= 0.3 is 0 Å². The summed E-state index contributed by atoms with van der Waals surface area (Å²) in [6, 6.07) is 9.56. The number of benzene rings is 1. The molecule has 0 saturated heterocycles. The SMILES string of the molecule is Cc1cc(C(=O)N/N=C\c2c[nH]c3ccccc23)n[nH]1. The first-order chi connectivity index (χ1) is 9.74. The number of H-pyrrole nitrogens is 2. The van der Waals surface area contributed by atoms with E-state index in [1.54, 1.807) is 12.3 Å². The van der Waals surface area contributed by atoms with Crippen LogP contribution in [-0.2, 0) is 0 Å². The van der Waals surface area contributed by atoms with Crippen LogP contribution in [0, 0.1) is 6.92 Å². The number of carbonyl (C=O) groups excluding carboxylic acids is 1. The van der Waals surface area contributed by atoms with Gasteiger partial charge in [-0.2, -0.15) is 10.2 Å². The van der Waals surface area contributed by atoms with Crippen molar-refractivity contribution < 1.29 is 4.79 Å². The summed E-state index contributed by atoms with van der Waals surface area (Å²) in [6.07, 6.45) is 3.45. The number of aryl methyl sites for hydroxylation is 1. The predicted molar refractivity (Wildman–Crippen MR) is 76.7 cm³/mol. The maximum absolute atomic E-state index is 11.7. The number of carbonyl (C=O) groups is 1. The van der Waals surface area contributed by atoms with Crippen LogP contribution in [0.25, 0.3) is 10.9 Å². The molecule has 100 valence electrons. The number of para-hydroxylation sites is 1. The third kappa shape index (κ3) is 2.31. The molecule has 0 unspecified atom stereocenters. The molecule has 6 nitrogen and oxygen atoms in total. The fourth-order valence-electron chi connectivity index (χ4n) is 1.95. The van der Waals surface area contributed by atoms with E-state index in [2.05, 4.69) is 25.7 Å². The lowest BCUT2D eigenvalue weighted by Crippen LogP contribution is -2.17. The third-order valence-corrected chi connectivity index (χ3v) is 2.93. The van der Waals surface area contributed by atoms with Crippen LogP contribution < -0.4 is 5.43 Å². The highest BCUT2D eigenvalue weighted by molar-refractivity contribution is 5.99. The molecule has 2 aromatic heterocycles. The lowest BCUT2D eigenvalue weighted by atomic mass is 10.2. The minimum Gasteiger partial charge on any atom is -0.361 e. The van der Waals surface area contributed by atoms with Crippen molar-refractivity contribution in [3.63, 3.8) is 0 Å². The Hall–Kier alpha value is -2.89. The van der Waals surface area contributed by atoms with Crippen molar-refractivity contribution in [1.29, 1.82) is 0 Å². The number of nitrogens with one attached hydrogen (secondary N) is 3. The minimum atomic E-state index is -0.342. The van der Waals surface area contributed by atoms with Crippen LogP contribution in [-0.4, -0.2) is 27.3 Å². The molecule has 0 radical (unpaired) electrons. The Morgan fingerprint density at radius 1 is 1.40 bits per heavy atom. The van der Waals surface area contributed by atoms with Crippen molar-refractivity contribution in [1.82, 2.24) is 20.6 Å². The van der Waals surface area contributed by atoms with Gasteiger partial charge in [0.05, 0.1) is 6.21 Å². The van der Waals surface area contributed by atoms with Crippen LogP contribution in [0.15, 0.2) is 41.6 Å². The molecule has 0 saturated carbocycles. The van der Waals surface area contributed by atoms with E-state index in [-0.39, 0.29) is 5.91 Å². The molecule has 0 aliphatic heterocycles. The van der Waals surface area contributed by atoms with Gasteiger partial charge in [0.1, 0.15) is 0 Å². The van der Waals surface area contributed by atoms with Crippen LogP contribution in [0.3, 0.4) is 0 Å². The van der Waals surface area contributed by atoms with E-state index >= 15 is 0 Å². The van der Waals surface area contributed by atoms with Gasteiger partial charge in [-0.3, -0.25) is 9.89 Å². The molecule has 20 heavy (non-hydrogen) atoms. The first-order valence-corrected chi connectivity index (χ1v) is 6.15. The lowest BCUT2D eigenvalue weighted by Gasteiger charge is -1.94. The van der Waals surface area contributed by atoms with Crippen molar-refractivity contribution in [2.75, 3.05) is 0 Å². The van der Waals surface area contributed by atoms with E-state index in [9.17, 15) is 4.79 Å². The average molecular weight is 267 g/mol. The van der Waals surface area contributed by atoms with Gasteiger partial charge in [0, 0.05) is 28.4 Å². The Bertz CT molecular complexity index is 784. The molecule has 3 aromatic rings. The Morgan fingerprint density at radius 2 is 2.25 bits per heavy atom. The highest BCUT2D eigenvalue weighted by Crippen LogP contribution is 2.15. The largest absolute Gasteiger partial charge is 0.361 e. The first-order valence-electron chi connectivity index (χ1n) is 6.15. The fraction of sp³-hybridized carbons (Fsp3) is 0.0714. The number of amides is 1. The van der Waals surface area contributed by atoms with E-state index in [1.165, 1.54) is 0 Å². The topological polar surface area (TPSA) is 85.9 Å². The maximum Gasteiger partial charge on any atom is 0.291 e. The quantitative estimate of drug-likeness (QED) is 0.500. The van der Waals surface area contributed by atoms with Crippen molar-refractivity contribution in [3.05, 3.63) is 53.5 Å². The third-order valence-electron chi connectivity index (χ3n) is 2.93. The summed E-state index contributed by atoms with van der Waals surface area (Å²) in [6.45, 7) is 1.83. The second-order valence-corrected chi connectivity index (χ2v) is 4.42. The van der Waals surface area contributed by atoms with Gasteiger partial charge < -0.3 is 4.98 Å². The zero-order valence-electron chi connectivity index (χ0n) is 10.8. The molecule has 1 aromatic carbocycles. The zero-order valence-corrected chi connectivity index (χ0v) is 10.8. The Labute approximate surface area is 114 Å². The van der Waals surface area contributed by atoms with Crippen molar-refractivity contribution >= 4 is 23.0 Å². The number of aromatic amines is 2. The normalized spacial score (nSPS) is 11.2. The zero-order chi connectivity index (χ0) is 13.9. The molecule has 0 atom stereocenters. The number of hydrazone groups is 1. The highest BCUT2D eigenvalue weighted by Gasteiger charge is 2.07. The van der Waals surface area contributed by atoms with Gasteiger partial charge in [-0.1, -0.05) is 18.2 Å². The number of nitrogens with zero attached hydrogens (tertiary/aromatic N) is 2.